The molecule has 0 saturated carbocycles. The summed E-state index contributed by atoms with van der Waals surface area (Å²) in [5.41, 5.74) is 1.04. The molecule has 1 heterocycles. The average Bonchev–Trinajstić information content (AvgIpc) is 2.68. The highest BCUT2D eigenvalue weighted by Gasteiger charge is 2.11. The van der Waals surface area contributed by atoms with Gasteiger partial charge in [-0.05, 0) is 12.8 Å². The lowest BCUT2D eigenvalue weighted by Crippen LogP contribution is -2.17. The molecule has 86 valence electrons. The lowest BCUT2D eigenvalue weighted by atomic mass is 10.3. The number of aliphatic hydroxyl groups is 1. The maximum absolute atomic E-state index is 9.17. The summed E-state index contributed by atoms with van der Waals surface area (Å²) in [6.07, 6.45) is 3.28. The summed E-state index contributed by atoms with van der Waals surface area (Å²) in [6, 6.07) is 0. The van der Waals surface area contributed by atoms with E-state index in [1.54, 1.807) is 11.3 Å². The Morgan fingerprint density at radius 2 is 2.13 bits per heavy atom. The van der Waals surface area contributed by atoms with Crippen molar-refractivity contribution in [3.63, 3.8) is 0 Å². The first-order valence-electron chi connectivity index (χ1n) is 5.53. The Kier molecular flexibility index (Phi) is 5.05. The van der Waals surface area contributed by atoms with Crippen molar-refractivity contribution in [1.29, 1.82) is 0 Å². The molecule has 0 amide bonds. The molecule has 1 N–H and O–H groups in total. The third-order valence-corrected chi connectivity index (χ3v) is 3.62. The summed E-state index contributed by atoms with van der Waals surface area (Å²) >= 11 is 1.61. The van der Waals surface area contributed by atoms with E-state index >= 15 is 0 Å². The summed E-state index contributed by atoms with van der Waals surface area (Å²) in [7, 11) is 2.06. The summed E-state index contributed by atoms with van der Waals surface area (Å²) in [4.78, 5) is 7.72. The third kappa shape index (κ3) is 3.18. The molecule has 0 unspecified atom stereocenters. The fraction of sp³-hybridized carbons (Fsp3) is 0.727. The predicted molar refractivity (Wildman–Crippen MR) is 65.6 cm³/mol. The second kappa shape index (κ2) is 6.08. The van der Waals surface area contributed by atoms with Crippen molar-refractivity contribution in [3.8, 4) is 0 Å². The van der Waals surface area contributed by atoms with Gasteiger partial charge in [-0.2, -0.15) is 0 Å². The van der Waals surface area contributed by atoms with Crippen molar-refractivity contribution >= 4 is 16.5 Å². The molecule has 3 nitrogen and oxygen atoms in total. The van der Waals surface area contributed by atoms with Crippen molar-refractivity contribution < 1.29 is 5.11 Å². The number of aliphatic hydroxyl groups excluding tert-OH is 1. The van der Waals surface area contributed by atoms with E-state index < -0.39 is 0 Å². The molecule has 0 aliphatic carbocycles. The molecule has 0 atom stereocenters. The quantitative estimate of drug-likeness (QED) is 0.812. The van der Waals surface area contributed by atoms with Gasteiger partial charge >= 0.3 is 0 Å². The Bertz CT molecular complexity index is 277. The smallest absolute Gasteiger partial charge is 0.185 e. The van der Waals surface area contributed by atoms with Gasteiger partial charge in [0.05, 0.1) is 17.2 Å². The van der Waals surface area contributed by atoms with Crippen molar-refractivity contribution in [2.45, 2.75) is 39.7 Å². The summed E-state index contributed by atoms with van der Waals surface area (Å²) in [5, 5.41) is 10.2. The summed E-state index contributed by atoms with van der Waals surface area (Å²) in [6.45, 7) is 5.41. The third-order valence-electron chi connectivity index (χ3n) is 2.42. The van der Waals surface area contributed by atoms with Gasteiger partial charge in [-0.3, -0.25) is 0 Å². The zero-order valence-electron chi connectivity index (χ0n) is 9.79. The van der Waals surface area contributed by atoms with E-state index in [9.17, 15) is 5.11 Å². The molecule has 0 fully saturated rings. The number of anilines is 1. The molecule has 0 bridgehead atoms. The minimum absolute atomic E-state index is 0.114. The van der Waals surface area contributed by atoms with Crippen molar-refractivity contribution in [3.05, 3.63) is 10.6 Å². The van der Waals surface area contributed by atoms with Crippen LogP contribution in [0, 0.1) is 0 Å². The van der Waals surface area contributed by atoms with Crippen LogP contribution in [0.1, 0.15) is 37.3 Å². The highest BCUT2D eigenvalue weighted by Crippen LogP contribution is 2.26. The Balaban J connectivity index is 2.72. The Morgan fingerprint density at radius 1 is 1.40 bits per heavy atom. The molecule has 1 aromatic rings. The normalized spacial score (nSPS) is 10.7. The summed E-state index contributed by atoms with van der Waals surface area (Å²) < 4.78 is 0. The van der Waals surface area contributed by atoms with Crippen LogP contribution in [0.25, 0.3) is 0 Å². The molecular formula is C11H20N2OS. The van der Waals surface area contributed by atoms with Crippen LogP contribution >= 0.6 is 11.3 Å². The average molecular weight is 228 g/mol. The standard InChI is InChI=1S/C11H20N2OS/c1-4-6-7-13(3)11-12-9(5-2)10(8-14)15-11/h14H,4-8H2,1-3H3. The number of aryl methyl sites for hydroxylation is 1. The van der Waals surface area contributed by atoms with Crippen LogP contribution in [-0.2, 0) is 13.0 Å². The molecule has 1 rings (SSSR count). The van der Waals surface area contributed by atoms with Gasteiger partial charge in [-0.1, -0.05) is 31.6 Å². The van der Waals surface area contributed by atoms with Gasteiger partial charge in [0.15, 0.2) is 5.13 Å². The van der Waals surface area contributed by atoms with Crippen LogP contribution < -0.4 is 4.90 Å². The fourth-order valence-electron chi connectivity index (χ4n) is 1.42. The number of nitrogens with zero attached hydrogens (tertiary/aromatic N) is 2. The van der Waals surface area contributed by atoms with Crippen LogP contribution in [0.3, 0.4) is 0 Å². The molecule has 0 aliphatic rings. The van der Waals surface area contributed by atoms with Gasteiger partial charge in [0.2, 0.25) is 0 Å². The SMILES string of the molecule is CCCCN(C)c1nc(CC)c(CO)s1. The number of thiazole rings is 1. The van der Waals surface area contributed by atoms with E-state index in [1.165, 1.54) is 12.8 Å². The molecular weight excluding hydrogens is 208 g/mol. The van der Waals surface area contributed by atoms with Crippen molar-refractivity contribution in [1.82, 2.24) is 4.98 Å². The molecule has 0 saturated heterocycles. The molecule has 15 heavy (non-hydrogen) atoms. The van der Waals surface area contributed by atoms with Crippen LogP contribution in [0.5, 0.6) is 0 Å². The lowest BCUT2D eigenvalue weighted by Gasteiger charge is -2.14. The molecule has 0 radical (unpaired) electrons. The minimum atomic E-state index is 0.114. The van der Waals surface area contributed by atoms with Crippen LogP contribution in [0.4, 0.5) is 5.13 Å². The maximum Gasteiger partial charge on any atom is 0.185 e. The number of hydrogen-bond acceptors (Lipinski definition) is 4. The van der Waals surface area contributed by atoms with E-state index in [0.29, 0.717) is 0 Å². The largest absolute Gasteiger partial charge is 0.391 e. The zero-order chi connectivity index (χ0) is 11.3. The Morgan fingerprint density at radius 3 is 2.60 bits per heavy atom. The molecule has 0 aliphatic heterocycles. The van der Waals surface area contributed by atoms with E-state index in [0.717, 1.165) is 28.7 Å². The monoisotopic (exact) mass is 228 g/mol. The minimum Gasteiger partial charge on any atom is -0.391 e. The van der Waals surface area contributed by atoms with Crippen LogP contribution in [0.2, 0.25) is 0 Å². The van der Waals surface area contributed by atoms with Crippen molar-refractivity contribution in [2.75, 3.05) is 18.5 Å². The number of unbranched alkanes of at least 4 members (excludes halogenated alkanes) is 1. The van der Waals surface area contributed by atoms with Gasteiger partial charge in [0.1, 0.15) is 0 Å². The van der Waals surface area contributed by atoms with Gasteiger partial charge in [-0.25, -0.2) is 4.98 Å². The second-order valence-electron chi connectivity index (χ2n) is 3.65. The van der Waals surface area contributed by atoms with E-state index in [1.807, 2.05) is 0 Å². The lowest BCUT2D eigenvalue weighted by molar-refractivity contribution is 0.284. The first-order valence-corrected chi connectivity index (χ1v) is 6.35. The van der Waals surface area contributed by atoms with Gasteiger partial charge in [0.25, 0.3) is 0 Å². The molecule has 0 aromatic carbocycles. The predicted octanol–water partition coefficient (Wildman–Crippen LogP) is 2.43. The highest BCUT2D eigenvalue weighted by atomic mass is 32.1. The second-order valence-corrected chi connectivity index (χ2v) is 4.72. The molecule has 0 spiro atoms. The van der Waals surface area contributed by atoms with E-state index in [2.05, 4.69) is 30.8 Å². The van der Waals surface area contributed by atoms with Crippen LogP contribution in [0.15, 0.2) is 0 Å². The number of rotatable bonds is 6. The first-order chi connectivity index (χ1) is 7.22. The van der Waals surface area contributed by atoms with E-state index in [-0.39, 0.29) is 6.61 Å². The van der Waals surface area contributed by atoms with Gasteiger partial charge in [0, 0.05) is 13.6 Å². The molecule has 4 heteroatoms. The van der Waals surface area contributed by atoms with Gasteiger partial charge in [-0.15, -0.1) is 0 Å². The zero-order valence-corrected chi connectivity index (χ0v) is 10.6. The first kappa shape index (κ1) is 12.5. The Hall–Kier alpha value is -0.610. The fourth-order valence-corrected chi connectivity index (χ4v) is 2.42. The van der Waals surface area contributed by atoms with E-state index in [4.69, 9.17) is 0 Å². The topological polar surface area (TPSA) is 36.4 Å². The molecule has 1 aromatic heterocycles. The maximum atomic E-state index is 9.17. The summed E-state index contributed by atoms with van der Waals surface area (Å²) in [5.74, 6) is 0. The van der Waals surface area contributed by atoms with Crippen molar-refractivity contribution in [2.24, 2.45) is 0 Å². The Labute approximate surface area is 95.8 Å². The highest BCUT2D eigenvalue weighted by molar-refractivity contribution is 7.15. The van der Waals surface area contributed by atoms with Crippen LogP contribution in [-0.4, -0.2) is 23.7 Å². The number of aromatic nitrogens is 1. The van der Waals surface area contributed by atoms with Gasteiger partial charge < -0.3 is 10.0 Å². The number of hydrogen-bond donors (Lipinski definition) is 1.